The summed E-state index contributed by atoms with van der Waals surface area (Å²) in [5.74, 6) is 2.18. The first-order chi connectivity index (χ1) is 9.28. The van der Waals surface area contributed by atoms with Crippen LogP contribution in [0.25, 0.3) is 11.4 Å². The van der Waals surface area contributed by atoms with E-state index in [-0.39, 0.29) is 6.04 Å². The zero-order valence-corrected chi connectivity index (χ0v) is 11.1. The van der Waals surface area contributed by atoms with E-state index in [4.69, 9.17) is 9.26 Å². The second-order valence-corrected chi connectivity index (χ2v) is 4.79. The van der Waals surface area contributed by atoms with Crippen LogP contribution in [0.3, 0.4) is 0 Å². The van der Waals surface area contributed by atoms with Crippen LogP contribution in [-0.4, -0.2) is 23.8 Å². The molecule has 0 aliphatic carbocycles. The van der Waals surface area contributed by atoms with Gasteiger partial charge in [-0.15, -0.1) is 0 Å². The molecule has 0 bridgehead atoms. The fourth-order valence-electron chi connectivity index (χ4n) is 2.41. The molecule has 5 nitrogen and oxygen atoms in total. The number of methoxy groups -OCH3 is 1. The molecule has 1 aromatic heterocycles. The zero-order chi connectivity index (χ0) is 13.2. The standard InChI is InChI=1S/C14H17N3O2/c1-9-8-10(5-6-12(9)18-2)13-16-14(19-17-13)11-4-3-7-15-11/h5-6,8,11,15H,3-4,7H2,1-2H3/t11-/m1/s1. The van der Waals surface area contributed by atoms with Gasteiger partial charge in [-0.25, -0.2) is 0 Å². The van der Waals surface area contributed by atoms with E-state index < -0.39 is 0 Å². The monoisotopic (exact) mass is 259 g/mol. The van der Waals surface area contributed by atoms with Gasteiger partial charge in [-0.1, -0.05) is 5.16 Å². The van der Waals surface area contributed by atoms with E-state index in [1.165, 1.54) is 0 Å². The third-order valence-corrected chi connectivity index (χ3v) is 3.45. The summed E-state index contributed by atoms with van der Waals surface area (Å²) < 4.78 is 10.6. The number of aromatic nitrogens is 2. The van der Waals surface area contributed by atoms with E-state index >= 15 is 0 Å². The number of hydrogen-bond donors (Lipinski definition) is 1. The molecule has 1 aromatic carbocycles. The Bertz CT molecular complexity index is 574. The second-order valence-electron chi connectivity index (χ2n) is 4.79. The van der Waals surface area contributed by atoms with E-state index in [2.05, 4.69) is 15.5 Å². The van der Waals surface area contributed by atoms with Gasteiger partial charge in [0, 0.05) is 5.56 Å². The van der Waals surface area contributed by atoms with Crippen LogP contribution >= 0.6 is 0 Å². The Morgan fingerprint density at radius 3 is 3.00 bits per heavy atom. The first kappa shape index (κ1) is 12.2. The van der Waals surface area contributed by atoms with E-state index in [1.807, 2.05) is 25.1 Å². The Morgan fingerprint density at radius 2 is 2.32 bits per heavy atom. The molecule has 0 unspecified atom stereocenters. The molecule has 100 valence electrons. The quantitative estimate of drug-likeness (QED) is 0.917. The molecule has 1 aliphatic rings. The molecule has 1 N–H and O–H groups in total. The van der Waals surface area contributed by atoms with Crippen LogP contribution in [0, 0.1) is 6.92 Å². The topological polar surface area (TPSA) is 60.2 Å². The van der Waals surface area contributed by atoms with Crippen molar-refractivity contribution in [2.45, 2.75) is 25.8 Å². The summed E-state index contributed by atoms with van der Waals surface area (Å²) in [6, 6.07) is 6.09. The largest absolute Gasteiger partial charge is 0.496 e. The highest BCUT2D eigenvalue weighted by atomic mass is 16.5. The van der Waals surface area contributed by atoms with Crippen molar-refractivity contribution in [2.24, 2.45) is 0 Å². The van der Waals surface area contributed by atoms with Gasteiger partial charge in [-0.3, -0.25) is 0 Å². The maximum absolute atomic E-state index is 5.34. The van der Waals surface area contributed by atoms with Crippen LogP contribution < -0.4 is 10.1 Å². The van der Waals surface area contributed by atoms with E-state index in [1.54, 1.807) is 7.11 Å². The third-order valence-electron chi connectivity index (χ3n) is 3.45. The molecule has 2 heterocycles. The van der Waals surface area contributed by atoms with Gasteiger partial charge in [0.1, 0.15) is 5.75 Å². The summed E-state index contributed by atoms with van der Waals surface area (Å²) in [7, 11) is 1.67. The van der Waals surface area contributed by atoms with Crippen LogP contribution in [0.1, 0.15) is 30.3 Å². The van der Waals surface area contributed by atoms with Gasteiger partial charge < -0.3 is 14.6 Å². The molecular formula is C14H17N3O2. The van der Waals surface area contributed by atoms with Gasteiger partial charge >= 0.3 is 0 Å². The lowest BCUT2D eigenvalue weighted by Gasteiger charge is -2.04. The van der Waals surface area contributed by atoms with Crippen LogP contribution in [0.15, 0.2) is 22.7 Å². The summed E-state index contributed by atoms with van der Waals surface area (Å²) in [6.07, 6.45) is 2.22. The lowest BCUT2D eigenvalue weighted by molar-refractivity contribution is 0.345. The van der Waals surface area contributed by atoms with Crippen molar-refractivity contribution in [1.82, 2.24) is 15.5 Å². The molecule has 1 fully saturated rings. The summed E-state index contributed by atoms with van der Waals surface area (Å²) in [5, 5.41) is 7.41. The number of nitrogens with one attached hydrogen (secondary N) is 1. The Kier molecular flexibility index (Phi) is 3.21. The minimum Gasteiger partial charge on any atom is -0.496 e. The number of ether oxygens (including phenoxy) is 1. The van der Waals surface area contributed by atoms with Gasteiger partial charge in [0.2, 0.25) is 11.7 Å². The highest BCUT2D eigenvalue weighted by Crippen LogP contribution is 2.27. The average molecular weight is 259 g/mol. The molecule has 0 radical (unpaired) electrons. The normalized spacial score (nSPS) is 18.7. The number of aryl methyl sites for hydroxylation is 1. The lowest BCUT2D eigenvalue weighted by Crippen LogP contribution is -2.12. The van der Waals surface area contributed by atoms with Crippen molar-refractivity contribution in [2.75, 3.05) is 13.7 Å². The molecule has 5 heteroatoms. The summed E-state index contributed by atoms with van der Waals surface area (Å²) in [6.45, 7) is 3.02. The van der Waals surface area contributed by atoms with E-state index in [0.717, 1.165) is 36.3 Å². The van der Waals surface area contributed by atoms with Crippen molar-refractivity contribution < 1.29 is 9.26 Å². The maximum Gasteiger partial charge on any atom is 0.244 e. The van der Waals surface area contributed by atoms with Crippen molar-refractivity contribution in [3.8, 4) is 17.1 Å². The SMILES string of the molecule is COc1ccc(-c2noc([C@H]3CCCN3)n2)cc1C. The minimum atomic E-state index is 0.209. The highest BCUT2D eigenvalue weighted by Gasteiger charge is 2.22. The Hall–Kier alpha value is -1.88. The molecule has 0 spiro atoms. The number of hydrogen-bond acceptors (Lipinski definition) is 5. The predicted molar refractivity (Wildman–Crippen MR) is 71.0 cm³/mol. The first-order valence-electron chi connectivity index (χ1n) is 6.50. The van der Waals surface area contributed by atoms with Gasteiger partial charge in [0.25, 0.3) is 0 Å². The molecule has 0 saturated carbocycles. The van der Waals surface area contributed by atoms with Crippen LogP contribution in [0.2, 0.25) is 0 Å². The molecular weight excluding hydrogens is 242 g/mol. The first-order valence-corrected chi connectivity index (χ1v) is 6.50. The van der Waals surface area contributed by atoms with Gasteiger partial charge in [0.15, 0.2) is 0 Å². The zero-order valence-electron chi connectivity index (χ0n) is 11.1. The Labute approximate surface area is 112 Å². The molecule has 1 saturated heterocycles. The molecule has 2 aromatic rings. The van der Waals surface area contributed by atoms with Crippen LogP contribution in [0.4, 0.5) is 0 Å². The van der Waals surface area contributed by atoms with Crippen molar-refractivity contribution in [3.63, 3.8) is 0 Å². The molecule has 1 atom stereocenters. The van der Waals surface area contributed by atoms with Crippen molar-refractivity contribution in [3.05, 3.63) is 29.7 Å². The fraction of sp³-hybridized carbons (Fsp3) is 0.429. The summed E-state index contributed by atoms with van der Waals surface area (Å²) in [5.41, 5.74) is 2.01. The lowest BCUT2D eigenvalue weighted by atomic mass is 10.1. The van der Waals surface area contributed by atoms with E-state index in [0.29, 0.717) is 11.7 Å². The molecule has 3 rings (SSSR count). The van der Waals surface area contributed by atoms with Crippen LogP contribution in [0.5, 0.6) is 5.75 Å². The average Bonchev–Trinajstić information content (AvgIpc) is 3.09. The van der Waals surface area contributed by atoms with Gasteiger partial charge in [-0.2, -0.15) is 4.98 Å². The second kappa shape index (κ2) is 5.01. The maximum atomic E-state index is 5.34. The van der Waals surface area contributed by atoms with Gasteiger partial charge in [-0.05, 0) is 50.1 Å². The number of rotatable bonds is 3. The number of benzene rings is 1. The van der Waals surface area contributed by atoms with Gasteiger partial charge in [0.05, 0.1) is 13.2 Å². The summed E-state index contributed by atoms with van der Waals surface area (Å²) >= 11 is 0. The summed E-state index contributed by atoms with van der Waals surface area (Å²) in [4.78, 5) is 4.48. The number of nitrogens with zero attached hydrogens (tertiary/aromatic N) is 2. The minimum absolute atomic E-state index is 0.209. The fourth-order valence-corrected chi connectivity index (χ4v) is 2.41. The Balaban J connectivity index is 1.87. The van der Waals surface area contributed by atoms with Crippen molar-refractivity contribution >= 4 is 0 Å². The third kappa shape index (κ3) is 2.33. The van der Waals surface area contributed by atoms with Crippen molar-refractivity contribution in [1.29, 1.82) is 0 Å². The van der Waals surface area contributed by atoms with E-state index in [9.17, 15) is 0 Å². The molecule has 0 amide bonds. The molecule has 19 heavy (non-hydrogen) atoms. The predicted octanol–water partition coefficient (Wildman–Crippen LogP) is 2.48. The Morgan fingerprint density at radius 1 is 1.42 bits per heavy atom. The van der Waals surface area contributed by atoms with Crippen LogP contribution in [-0.2, 0) is 0 Å². The highest BCUT2D eigenvalue weighted by molar-refractivity contribution is 5.58. The smallest absolute Gasteiger partial charge is 0.244 e. The molecule has 1 aliphatic heterocycles.